The lowest BCUT2D eigenvalue weighted by Crippen LogP contribution is -2.65. The summed E-state index contributed by atoms with van der Waals surface area (Å²) in [5, 5.41) is 4.89. The average Bonchev–Trinajstić information content (AvgIpc) is 3.43. The van der Waals surface area contributed by atoms with Gasteiger partial charge in [-0.25, -0.2) is 4.98 Å². The molecule has 1 unspecified atom stereocenters. The molecule has 1 atom stereocenters. The minimum Gasteiger partial charge on any atom is -0.424 e. The summed E-state index contributed by atoms with van der Waals surface area (Å²) in [7, 11) is 3.02. The van der Waals surface area contributed by atoms with Crippen molar-refractivity contribution in [2.24, 2.45) is 0 Å². The van der Waals surface area contributed by atoms with Crippen LogP contribution in [-0.4, -0.2) is 43.3 Å². The van der Waals surface area contributed by atoms with Gasteiger partial charge in [-0.05, 0) is 60.1 Å². The molecule has 5 rings (SSSR count). The van der Waals surface area contributed by atoms with Gasteiger partial charge in [-0.3, -0.25) is 0 Å². The van der Waals surface area contributed by atoms with Crippen molar-refractivity contribution in [1.82, 2.24) is 14.8 Å². The third-order valence-corrected chi connectivity index (χ3v) is 13.3. The molecule has 0 bridgehead atoms. The summed E-state index contributed by atoms with van der Waals surface area (Å²) < 4.78 is 8.13. The maximum Gasteiger partial charge on any atom is 0.258 e. The molecular weight excluding hydrogens is 521 g/mol. The van der Waals surface area contributed by atoms with E-state index in [2.05, 4.69) is 92.2 Å². The van der Waals surface area contributed by atoms with Crippen LogP contribution in [0, 0.1) is 0 Å². The predicted octanol–water partition coefficient (Wildman–Crippen LogP) is 5.10. The van der Waals surface area contributed by atoms with E-state index in [4.69, 9.17) is 17.7 Å². The van der Waals surface area contributed by atoms with E-state index in [9.17, 15) is 4.80 Å². The van der Waals surface area contributed by atoms with Crippen LogP contribution in [0.1, 0.15) is 58.3 Å². The maximum atomic E-state index is 12.4. The Bertz CT molecular complexity index is 1380. The van der Waals surface area contributed by atoms with Crippen LogP contribution in [-0.2, 0) is 23.3 Å². The van der Waals surface area contributed by atoms with Gasteiger partial charge in [0, 0.05) is 18.3 Å². The first-order valence-corrected chi connectivity index (χ1v) is 16.7. The summed E-state index contributed by atoms with van der Waals surface area (Å²) in [5.74, 6) is 0.979. The molecule has 1 aliphatic heterocycles. The molecule has 0 amide bonds. The Balaban J connectivity index is 1.24. The molecule has 2 N–H and O–H groups in total. The van der Waals surface area contributed by atoms with E-state index in [1.807, 2.05) is 36.4 Å². The molecule has 0 saturated carbocycles. The van der Waals surface area contributed by atoms with E-state index in [0.717, 1.165) is 59.7 Å². The molecular formula is C34H42BN3O2Si. The molecule has 3 aromatic carbocycles. The highest BCUT2D eigenvalue weighted by atomic mass is 28.4. The maximum absolute atomic E-state index is 12.4. The number of rotatable bonds is 11. The van der Waals surface area contributed by atoms with E-state index in [1.165, 1.54) is 5.56 Å². The lowest BCUT2D eigenvalue weighted by Gasteiger charge is -2.41. The Morgan fingerprint density at radius 2 is 1.61 bits per heavy atom. The lowest BCUT2D eigenvalue weighted by molar-refractivity contribution is -0.0538. The largest absolute Gasteiger partial charge is 0.424 e. The number of nitrogens with zero attached hydrogens (tertiary/aromatic N) is 2. The zero-order valence-electron chi connectivity index (χ0n) is 24.8. The number of imidazole rings is 1. The van der Waals surface area contributed by atoms with Crippen molar-refractivity contribution in [1.29, 1.82) is 0 Å². The van der Waals surface area contributed by atoms with Gasteiger partial charge in [-0.15, -0.1) is 0 Å². The molecule has 212 valence electrons. The third-order valence-electron chi connectivity index (χ3n) is 8.79. The number of nitrogens with one attached hydrogen (secondary N) is 1. The minimum absolute atomic E-state index is 0.151. The van der Waals surface area contributed by atoms with Gasteiger partial charge < -0.3 is 19.3 Å². The zero-order valence-corrected chi connectivity index (χ0v) is 25.8. The van der Waals surface area contributed by atoms with Gasteiger partial charge in [0.15, 0.2) is 7.98 Å². The first kappa shape index (κ1) is 29.5. The van der Waals surface area contributed by atoms with Gasteiger partial charge in [0.25, 0.3) is 8.32 Å². The number of benzene rings is 3. The fourth-order valence-electron chi connectivity index (χ4n) is 6.29. The Morgan fingerprint density at radius 3 is 2.17 bits per heavy atom. The average molecular weight is 564 g/mol. The summed E-state index contributed by atoms with van der Waals surface area (Å²) in [6.45, 7) is 10.1. The van der Waals surface area contributed by atoms with E-state index < -0.39 is 8.32 Å². The van der Waals surface area contributed by atoms with Crippen LogP contribution in [0.5, 0.6) is 0 Å². The molecule has 5 nitrogen and oxygen atoms in total. The van der Waals surface area contributed by atoms with Gasteiger partial charge in [-0.2, -0.15) is 0 Å². The Hall–Kier alpha value is -2.97. The van der Waals surface area contributed by atoms with E-state index in [1.54, 1.807) is 0 Å². The molecule has 0 fully saturated rings. The van der Waals surface area contributed by atoms with Crippen LogP contribution < -0.4 is 15.6 Å². The second-order valence-electron chi connectivity index (χ2n) is 12.5. The summed E-state index contributed by atoms with van der Waals surface area (Å²) in [4.78, 5) is 17.3. The van der Waals surface area contributed by atoms with Crippen molar-refractivity contribution in [2.45, 2.75) is 76.6 Å². The molecule has 0 aliphatic carbocycles. The van der Waals surface area contributed by atoms with Crippen molar-refractivity contribution in [3.8, 4) is 11.3 Å². The van der Waals surface area contributed by atoms with Gasteiger partial charge in [0.1, 0.15) is 11.4 Å². The van der Waals surface area contributed by atoms with Crippen LogP contribution in [0.2, 0.25) is 5.04 Å². The topological polar surface area (TPSA) is 59.3 Å². The quantitative estimate of drug-likeness (QED) is 0.249. The van der Waals surface area contributed by atoms with Gasteiger partial charge in [0.2, 0.25) is 0 Å². The molecule has 0 spiro atoms. The number of ether oxygens (including phenoxy) is 1. The Labute approximate surface area is 247 Å². The van der Waals surface area contributed by atoms with Crippen molar-refractivity contribution in [2.75, 3.05) is 6.61 Å². The van der Waals surface area contributed by atoms with Crippen LogP contribution >= 0.6 is 0 Å². The Kier molecular flexibility index (Phi) is 8.71. The van der Waals surface area contributed by atoms with Gasteiger partial charge in [-0.1, -0.05) is 105 Å². The minimum atomic E-state index is -3.00. The molecule has 4 aromatic rings. The highest BCUT2D eigenvalue weighted by Crippen LogP contribution is 2.40. The van der Waals surface area contributed by atoms with E-state index >= 15 is 0 Å². The summed E-state index contributed by atoms with van der Waals surface area (Å²) in [5.41, 5.74) is 2.96. The molecule has 1 aliphatic rings. The fraction of sp³-hybridized carbons (Fsp3) is 0.382. The van der Waals surface area contributed by atoms with Crippen LogP contribution in [0.15, 0.2) is 91.1 Å². The second kappa shape index (κ2) is 12.1. The van der Waals surface area contributed by atoms with Crippen molar-refractivity contribution in [3.05, 3.63) is 103 Å². The van der Waals surface area contributed by atoms with Crippen LogP contribution in [0.3, 0.4) is 0 Å². The number of fused-ring (bicyclic) bond motifs is 1. The van der Waals surface area contributed by atoms with Crippen molar-refractivity contribution >= 4 is 26.7 Å². The SMILES string of the molecule is [B]NC(CCCC(C)(C)[Si](O)(c1ccccc1)c1ccccc1)Cc1ccc(-c2cn3c(n2)C(C)(C)OCC3)cc1. The Morgan fingerprint density at radius 1 is 1.00 bits per heavy atom. The summed E-state index contributed by atoms with van der Waals surface area (Å²) in [6, 6.07) is 29.3. The van der Waals surface area contributed by atoms with E-state index in [0.29, 0.717) is 6.61 Å². The normalized spacial score (nSPS) is 15.8. The first-order valence-electron chi connectivity index (χ1n) is 14.7. The van der Waals surface area contributed by atoms with Crippen LogP contribution in [0.25, 0.3) is 11.3 Å². The van der Waals surface area contributed by atoms with Crippen molar-refractivity contribution < 1.29 is 9.53 Å². The molecule has 2 heterocycles. The smallest absolute Gasteiger partial charge is 0.258 e. The fourth-order valence-corrected chi connectivity index (χ4v) is 10.1. The highest BCUT2D eigenvalue weighted by Gasteiger charge is 2.49. The zero-order chi connectivity index (χ0) is 29.1. The number of aromatic nitrogens is 2. The monoisotopic (exact) mass is 563 g/mol. The number of hydrogen-bond donors (Lipinski definition) is 2. The first-order chi connectivity index (χ1) is 19.6. The second-order valence-corrected chi connectivity index (χ2v) is 16.4. The lowest BCUT2D eigenvalue weighted by atomic mass is 9.96. The van der Waals surface area contributed by atoms with Gasteiger partial charge in [0.05, 0.1) is 12.3 Å². The third kappa shape index (κ3) is 6.14. The molecule has 1 aromatic heterocycles. The number of hydrogen-bond acceptors (Lipinski definition) is 4. The molecule has 41 heavy (non-hydrogen) atoms. The van der Waals surface area contributed by atoms with Gasteiger partial charge >= 0.3 is 0 Å². The molecule has 0 saturated heterocycles. The van der Waals surface area contributed by atoms with E-state index in [-0.39, 0.29) is 16.7 Å². The highest BCUT2D eigenvalue weighted by molar-refractivity contribution is 6.98. The summed E-state index contributed by atoms with van der Waals surface area (Å²) in [6.07, 6.45) is 5.78. The van der Waals surface area contributed by atoms with Crippen molar-refractivity contribution in [3.63, 3.8) is 0 Å². The van der Waals surface area contributed by atoms with Crippen LogP contribution in [0.4, 0.5) is 0 Å². The standard InChI is InChI=1S/C34H42BN3O2Si/c1-33(2,41(39,29-13-7-5-8-14-29)30-15-9-6-10-16-30)21-11-12-28(37-35)24-26-17-19-27(20-18-26)31-25-38-22-23-40-34(3,4)32(38)36-31/h5-10,13-20,25,28,37,39H,11-12,21-24H2,1-4H3. The predicted molar refractivity (Wildman–Crippen MR) is 171 cm³/mol. The summed E-state index contributed by atoms with van der Waals surface area (Å²) >= 11 is 0. The molecule has 2 radical (unpaired) electrons. The molecule has 7 heteroatoms.